The van der Waals surface area contributed by atoms with Gasteiger partial charge in [0, 0.05) is 35.6 Å². The molecule has 0 bridgehead atoms. The average Bonchev–Trinajstić information content (AvgIpc) is 3.21. The predicted octanol–water partition coefficient (Wildman–Crippen LogP) is 1.77. The summed E-state index contributed by atoms with van der Waals surface area (Å²) in [5.41, 5.74) is 2.34. The van der Waals surface area contributed by atoms with Crippen LogP contribution in [0, 0.1) is 5.92 Å². The largest absolute Gasteiger partial charge is 0.393 e. The lowest BCUT2D eigenvalue weighted by atomic mass is 9.76. The van der Waals surface area contributed by atoms with Crippen molar-refractivity contribution in [2.75, 3.05) is 0 Å². The van der Waals surface area contributed by atoms with Crippen molar-refractivity contribution in [2.24, 2.45) is 5.92 Å². The molecule has 0 saturated heterocycles. The van der Waals surface area contributed by atoms with Crippen molar-refractivity contribution in [2.45, 2.75) is 31.4 Å². The minimum atomic E-state index is -0.268. The maximum absolute atomic E-state index is 12.9. The molecule has 2 aromatic heterocycles. The number of carbonyl (C=O) groups is 1. The standard InChI is InChI=1S/C20H21N5O2/c26-18-9-15(10-18)19(11-16-5-1-2-7-21-16)24-20(27)14-4-3-6-17(8-14)25-12-22-23-13-25/h1-8,12-13,15,18-19,26H,9-11H2,(H,24,27)/t15?,18?,19-/m1/s1. The van der Waals surface area contributed by atoms with Crippen LogP contribution in [0.15, 0.2) is 61.3 Å². The van der Waals surface area contributed by atoms with Gasteiger partial charge in [0.05, 0.1) is 6.10 Å². The third-order valence-corrected chi connectivity index (χ3v) is 5.02. The molecular formula is C20H21N5O2. The Hall–Kier alpha value is -3.06. The summed E-state index contributed by atoms with van der Waals surface area (Å²) < 4.78 is 1.75. The zero-order valence-corrected chi connectivity index (χ0v) is 14.8. The summed E-state index contributed by atoms with van der Waals surface area (Å²) in [6, 6.07) is 13.1. The lowest BCUT2D eigenvalue weighted by Gasteiger charge is -2.38. The molecule has 2 heterocycles. The van der Waals surface area contributed by atoms with E-state index in [2.05, 4.69) is 20.5 Å². The fourth-order valence-electron chi connectivity index (χ4n) is 3.43. The second kappa shape index (κ2) is 7.67. The van der Waals surface area contributed by atoms with Crippen molar-refractivity contribution in [3.8, 4) is 5.69 Å². The number of pyridine rings is 1. The normalized spacial score (nSPS) is 19.9. The molecule has 2 N–H and O–H groups in total. The van der Waals surface area contributed by atoms with E-state index in [4.69, 9.17) is 0 Å². The Bertz CT molecular complexity index is 892. The van der Waals surface area contributed by atoms with Crippen molar-refractivity contribution in [1.29, 1.82) is 0 Å². The van der Waals surface area contributed by atoms with Crippen molar-refractivity contribution in [3.63, 3.8) is 0 Å². The van der Waals surface area contributed by atoms with E-state index in [9.17, 15) is 9.90 Å². The first kappa shape index (κ1) is 17.4. The van der Waals surface area contributed by atoms with Crippen LogP contribution in [0.4, 0.5) is 0 Å². The third kappa shape index (κ3) is 4.03. The van der Waals surface area contributed by atoms with Gasteiger partial charge in [0.25, 0.3) is 5.91 Å². The van der Waals surface area contributed by atoms with Gasteiger partial charge in [-0.3, -0.25) is 14.3 Å². The second-order valence-electron chi connectivity index (χ2n) is 6.91. The summed E-state index contributed by atoms with van der Waals surface area (Å²) >= 11 is 0. The van der Waals surface area contributed by atoms with Crippen LogP contribution in [0.5, 0.6) is 0 Å². The van der Waals surface area contributed by atoms with Crippen LogP contribution in [0.25, 0.3) is 5.69 Å². The molecule has 4 rings (SSSR count). The molecule has 0 unspecified atom stereocenters. The van der Waals surface area contributed by atoms with E-state index in [-0.39, 0.29) is 24.0 Å². The minimum Gasteiger partial charge on any atom is -0.393 e. The van der Waals surface area contributed by atoms with E-state index in [1.807, 2.05) is 36.4 Å². The van der Waals surface area contributed by atoms with E-state index >= 15 is 0 Å². The Kier molecular flexibility index (Phi) is 4.93. The maximum atomic E-state index is 12.9. The molecule has 0 radical (unpaired) electrons. The van der Waals surface area contributed by atoms with Gasteiger partial charge in [-0.1, -0.05) is 12.1 Å². The molecule has 7 nitrogen and oxygen atoms in total. The van der Waals surface area contributed by atoms with Crippen LogP contribution in [0.1, 0.15) is 28.9 Å². The number of hydrogen-bond donors (Lipinski definition) is 2. The maximum Gasteiger partial charge on any atom is 0.251 e. The molecule has 1 aliphatic rings. The van der Waals surface area contributed by atoms with Gasteiger partial charge in [-0.2, -0.15) is 0 Å². The zero-order chi connectivity index (χ0) is 18.6. The Morgan fingerprint density at radius 3 is 2.70 bits per heavy atom. The summed E-state index contributed by atoms with van der Waals surface area (Å²) in [4.78, 5) is 17.2. The molecule has 3 aromatic rings. The molecule has 138 valence electrons. The van der Waals surface area contributed by atoms with Gasteiger partial charge in [-0.15, -0.1) is 10.2 Å². The van der Waals surface area contributed by atoms with Crippen LogP contribution >= 0.6 is 0 Å². The molecule has 0 spiro atoms. The molecule has 1 aromatic carbocycles. The quantitative estimate of drug-likeness (QED) is 0.696. The van der Waals surface area contributed by atoms with Crippen molar-refractivity contribution >= 4 is 5.91 Å². The van der Waals surface area contributed by atoms with Crippen LogP contribution in [0.3, 0.4) is 0 Å². The number of carbonyl (C=O) groups excluding carboxylic acids is 1. The topological polar surface area (TPSA) is 92.9 Å². The number of nitrogens with zero attached hydrogens (tertiary/aromatic N) is 4. The van der Waals surface area contributed by atoms with Gasteiger partial charge in [0.2, 0.25) is 0 Å². The smallest absolute Gasteiger partial charge is 0.251 e. The first-order chi connectivity index (χ1) is 13.2. The van der Waals surface area contributed by atoms with Crippen LogP contribution in [-0.2, 0) is 6.42 Å². The van der Waals surface area contributed by atoms with Crippen molar-refractivity contribution in [3.05, 3.63) is 72.6 Å². The summed E-state index contributed by atoms with van der Waals surface area (Å²) in [7, 11) is 0. The number of aliphatic hydroxyl groups is 1. The first-order valence-corrected chi connectivity index (χ1v) is 9.03. The third-order valence-electron chi connectivity index (χ3n) is 5.02. The van der Waals surface area contributed by atoms with Gasteiger partial charge in [-0.05, 0) is 49.1 Å². The van der Waals surface area contributed by atoms with E-state index in [0.29, 0.717) is 24.8 Å². The molecule has 1 fully saturated rings. The molecule has 1 saturated carbocycles. The monoisotopic (exact) mass is 363 g/mol. The molecule has 1 aliphatic carbocycles. The lowest BCUT2D eigenvalue weighted by Crippen LogP contribution is -2.48. The first-order valence-electron chi connectivity index (χ1n) is 9.03. The highest BCUT2D eigenvalue weighted by atomic mass is 16.3. The number of rotatable bonds is 6. The Morgan fingerprint density at radius 1 is 1.19 bits per heavy atom. The Morgan fingerprint density at radius 2 is 2.00 bits per heavy atom. The number of hydrogen-bond acceptors (Lipinski definition) is 5. The van der Waals surface area contributed by atoms with Crippen LogP contribution < -0.4 is 5.32 Å². The predicted molar refractivity (Wildman–Crippen MR) is 99.3 cm³/mol. The Balaban J connectivity index is 1.50. The van der Waals surface area contributed by atoms with Gasteiger partial charge in [0.1, 0.15) is 12.7 Å². The number of nitrogens with one attached hydrogen (secondary N) is 1. The molecule has 0 aliphatic heterocycles. The number of benzene rings is 1. The molecule has 1 amide bonds. The highest BCUT2D eigenvalue weighted by Crippen LogP contribution is 2.31. The molecule has 7 heteroatoms. The highest BCUT2D eigenvalue weighted by molar-refractivity contribution is 5.95. The number of aliphatic hydroxyl groups excluding tert-OH is 1. The van der Waals surface area contributed by atoms with Gasteiger partial charge in [0.15, 0.2) is 0 Å². The van der Waals surface area contributed by atoms with E-state index in [1.165, 1.54) is 0 Å². The van der Waals surface area contributed by atoms with Crippen molar-refractivity contribution < 1.29 is 9.90 Å². The zero-order valence-electron chi connectivity index (χ0n) is 14.8. The number of aromatic nitrogens is 4. The van der Waals surface area contributed by atoms with E-state index < -0.39 is 0 Å². The van der Waals surface area contributed by atoms with Crippen molar-refractivity contribution in [1.82, 2.24) is 25.1 Å². The minimum absolute atomic E-state index is 0.0608. The molecule has 1 atom stereocenters. The lowest BCUT2D eigenvalue weighted by molar-refractivity contribution is 0.0238. The van der Waals surface area contributed by atoms with Gasteiger partial charge < -0.3 is 10.4 Å². The summed E-state index contributed by atoms with van der Waals surface area (Å²) in [5.74, 6) is 0.124. The summed E-state index contributed by atoms with van der Waals surface area (Å²) in [5, 5.41) is 20.4. The Labute approximate surface area is 157 Å². The SMILES string of the molecule is O=C(N[C@H](Cc1ccccn1)C1CC(O)C1)c1cccc(-n2cnnc2)c1. The molecular weight excluding hydrogens is 342 g/mol. The summed E-state index contributed by atoms with van der Waals surface area (Å²) in [6.07, 6.45) is 6.74. The fraction of sp³-hybridized carbons (Fsp3) is 0.300. The highest BCUT2D eigenvalue weighted by Gasteiger charge is 2.35. The molecule has 27 heavy (non-hydrogen) atoms. The van der Waals surface area contributed by atoms with Gasteiger partial charge >= 0.3 is 0 Å². The average molecular weight is 363 g/mol. The fourth-order valence-corrected chi connectivity index (χ4v) is 3.43. The van der Waals surface area contributed by atoms with Crippen LogP contribution in [-0.4, -0.2) is 42.9 Å². The summed E-state index contributed by atoms with van der Waals surface area (Å²) in [6.45, 7) is 0. The van der Waals surface area contributed by atoms with E-state index in [0.717, 1.165) is 11.4 Å². The van der Waals surface area contributed by atoms with Crippen LogP contribution in [0.2, 0.25) is 0 Å². The second-order valence-corrected chi connectivity index (χ2v) is 6.91. The van der Waals surface area contributed by atoms with Gasteiger partial charge in [-0.25, -0.2) is 0 Å². The number of amides is 1. The van der Waals surface area contributed by atoms with E-state index in [1.54, 1.807) is 29.5 Å².